The van der Waals surface area contributed by atoms with Gasteiger partial charge in [-0.2, -0.15) is 0 Å². The van der Waals surface area contributed by atoms with Crippen molar-refractivity contribution in [3.63, 3.8) is 0 Å². The normalized spacial score (nSPS) is 22.7. The van der Waals surface area contributed by atoms with Crippen LogP contribution in [-0.4, -0.2) is 14.2 Å². The first-order valence-corrected chi connectivity index (χ1v) is 5.94. The van der Waals surface area contributed by atoms with Gasteiger partial charge < -0.3 is 5.73 Å². The van der Waals surface area contributed by atoms with Gasteiger partial charge in [0.05, 0.1) is 10.6 Å². The van der Waals surface area contributed by atoms with Crippen LogP contribution < -0.4 is 5.73 Å². The van der Waals surface area contributed by atoms with Gasteiger partial charge in [-0.1, -0.05) is 0 Å². The summed E-state index contributed by atoms with van der Waals surface area (Å²) in [7, 11) is -3.24. The van der Waals surface area contributed by atoms with E-state index in [1.165, 1.54) is 12.1 Å². The van der Waals surface area contributed by atoms with E-state index in [-0.39, 0.29) is 29.1 Å². The number of rotatable bonds is 0. The predicted octanol–water partition coefficient (Wildman–Crippen LogP) is 1.42. The zero-order valence-corrected chi connectivity index (χ0v) is 9.44. The second-order valence-corrected chi connectivity index (χ2v) is 5.47. The van der Waals surface area contributed by atoms with Gasteiger partial charge in [-0.15, -0.1) is 12.4 Å². The molecule has 0 amide bonds. The number of hydrogen-bond donors (Lipinski definition) is 1. The summed E-state index contributed by atoms with van der Waals surface area (Å²) in [6.45, 7) is 0. The van der Waals surface area contributed by atoms with E-state index in [1.807, 2.05) is 0 Å². The topological polar surface area (TPSA) is 60.2 Å². The Hall–Kier alpha value is -0.650. The highest BCUT2D eigenvalue weighted by Gasteiger charge is 2.28. The standard InChI is InChI=1S/C9H10FNO2S.ClH/c10-6-1-2-9-7(5-6)8(11)3-4-14(9,12)13;/h1-2,5,8H,3-4,11H2;1H. The lowest BCUT2D eigenvalue weighted by Gasteiger charge is -2.21. The van der Waals surface area contributed by atoms with Crippen LogP contribution in [0.5, 0.6) is 0 Å². The summed E-state index contributed by atoms with van der Waals surface area (Å²) < 4.78 is 36.0. The van der Waals surface area contributed by atoms with Crippen LogP contribution in [0.25, 0.3) is 0 Å². The predicted molar refractivity (Wildman–Crippen MR) is 57.2 cm³/mol. The summed E-state index contributed by atoms with van der Waals surface area (Å²) in [6.07, 6.45) is 0.360. The van der Waals surface area contributed by atoms with Crippen molar-refractivity contribution in [2.45, 2.75) is 17.4 Å². The third kappa shape index (κ3) is 2.14. The summed E-state index contributed by atoms with van der Waals surface area (Å²) in [6, 6.07) is 3.27. The Bertz CT molecular complexity index is 475. The van der Waals surface area contributed by atoms with Crippen LogP contribution in [0.3, 0.4) is 0 Å². The van der Waals surface area contributed by atoms with E-state index in [2.05, 4.69) is 0 Å². The molecule has 1 heterocycles. The molecule has 1 unspecified atom stereocenters. The number of fused-ring (bicyclic) bond motifs is 1. The third-order valence-electron chi connectivity index (χ3n) is 2.40. The minimum atomic E-state index is -3.24. The van der Waals surface area contributed by atoms with Crippen molar-refractivity contribution in [3.8, 4) is 0 Å². The first-order chi connectivity index (χ1) is 6.50. The molecule has 0 spiro atoms. The van der Waals surface area contributed by atoms with Crippen LogP contribution in [0.15, 0.2) is 23.1 Å². The summed E-state index contributed by atoms with van der Waals surface area (Å²) in [5, 5.41) is 0. The Morgan fingerprint density at radius 1 is 1.40 bits per heavy atom. The fourth-order valence-corrected chi connectivity index (χ4v) is 3.27. The Kier molecular flexibility index (Phi) is 3.38. The SMILES string of the molecule is Cl.NC1CCS(=O)(=O)c2ccc(F)cc21. The van der Waals surface area contributed by atoms with E-state index in [1.54, 1.807) is 0 Å². The van der Waals surface area contributed by atoms with Crippen molar-refractivity contribution in [1.82, 2.24) is 0 Å². The first kappa shape index (κ1) is 12.4. The molecule has 0 bridgehead atoms. The maximum Gasteiger partial charge on any atom is 0.178 e. The highest BCUT2D eigenvalue weighted by Crippen LogP contribution is 2.30. The number of benzene rings is 1. The number of hydrogen-bond acceptors (Lipinski definition) is 3. The molecule has 84 valence electrons. The average Bonchev–Trinajstić information content (AvgIpc) is 2.12. The molecule has 0 fully saturated rings. The largest absolute Gasteiger partial charge is 0.324 e. The molecule has 0 radical (unpaired) electrons. The molecule has 0 saturated carbocycles. The Morgan fingerprint density at radius 2 is 2.07 bits per heavy atom. The molecule has 1 atom stereocenters. The molecule has 0 aromatic heterocycles. The Morgan fingerprint density at radius 3 is 2.73 bits per heavy atom. The van der Waals surface area contributed by atoms with Crippen LogP contribution in [0.2, 0.25) is 0 Å². The monoisotopic (exact) mass is 251 g/mol. The van der Waals surface area contributed by atoms with Crippen molar-refractivity contribution < 1.29 is 12.8 Å². The second kappa shape index (κ2) is 4.08. The van der Waals surface area contributed by atoms with E-state index >= 15 is 0 Å². The van der Waals surface area contributed by atoms with Gasteiger partial charge in [0.1, 0.15) is 5.82 Å². The van der Waals surface area contributed by atoms with E-state index < -0.39 is 15.7 Å². The van der Waals surface area contributed by atoms with E-state index in [0.29, 0.717) is 12.0 Å². The van der Waals surface area contributed by atoms with Crippen LogP contribution in [0.1, 0.15) is 18.0 Å². The molecule has 3 nitrogen and oxygen atoms in total. The molecule has 1 aliphatic rings. The lowest BCUT2D eigenvalue weighted by atomic mass is 10.1. The highest BCUT2D eigenvalue weighted by molar-refractivity contribution is 7.91. The van der Waals surface area contributed by atoms with Gasteiger partial charge in [-0.25, -0.2) is 12.8 Å². The fourth-order valence-electron chi connectivity index (χ4n) is 1.64. The molecule has 6 heteroatoms. The van der Waals surface area contributed by atoms with Crippen LogP contribution in [0, 0.1) is 5.82 Å². The van der Waals surface area contributed by atoms with Crippen molar-refractivity contribution in [2.24, 2.45) is 5.73 Å². The maximum atomic E-state index is 12.9. The molecule has 1 aromatic carbocycles. The first-order valence-electron chi connectivity index (χ1n) is 4.28. The third-order valence-corrected chi connectivity index (χ3v) is 4.22. The van der Waals surface area contributed by atoms with Gasteiger partial charge in [0, 0.05) is 6.04 Å². The fraction of sp³-hybridized carbons (Fsp3) is 0.333. The van der Waals surface area contributed by atoms with Gasteiger partial charge in [0.25, 0.3) is 0 Å². The molecule has 2 N–H and O–H groups in total. The Labute approximate surface area is 93.8 Å². The molecule has 1 aliphatic heterocycles. The van der Waals surface area contributed by atoms with Crippen LogP contribution >= 0.6 is 12.4 Å². The average molecular weight is 252 g/mol. The van der Waals surface area contributed by atoms with Gasteiger partial charge in [-0.3, -0.25) is 0 Å². The van der Waals surface area contributed by atoms with Crippen molar-refractivity contribution in [1.29, 1.82) is 0 Å². The van der Waals surface area contributed by atoms with Gasteiger partial charge in [0.2, 0.25) is 0 Å². The van der Waals surface area contributed by atoms with Crippen molar-refractivity contribution >= 4 is 22.2 Å². The molecule has 2 rings (SSSR count). The zero-order chi connectivity index (χ0) is 10.3. The summed E-state index contributed by atoms with van der Waals surface area (Å²) in [5.41, 5.74) is 6.10. The minimum absolute atomic E-state index is 0. The molecule has 1 aromatic rings. The quantitative estimate of drug-likeness (QED) is 0.710. The number of nitrogens with two attached hydrogens (primary N) is 1. The molecular formula is C9H11ClFNO2S. The van der Waals surface area contributed by atoms with E-state index in [0.717, 1.165) is 6.07 Å². The van der Waals surface area contributed by atoms with E-state index in [9.17, 15) is 12.8 Å². The van der Waals surface area contributed by atoms with Crippen molar-refractivity contribution in [3.05, 3.63) is 29.6 Å². The molecular weight excluding hydrogens is 241 g/mol. The zero-order valence-electron chi connectivity index (χ0n) is 7.81. The molecule has 15 heavy (non-hydrogen) atoms. The Balaban J connectivity index is 0.00000112. The summed E-state index contributed by atoms with van der Waals surface area (Å²) in [5.74, 6) is -0.399. The molecule has 0 saturated heterocycles. The maximum absolute atomic E-state index is 12.9. The smallest absolute Gasteiger partial charge is 0.178 e. The minimum Gasteiger partial charge on any atom is -0.324 e. The van der Waals surface area contributed by atoms with Crippen molar-refractivity contribution in [2.75, 3.05) is 5.75 Å². The highest BCUT2D eigenvalue weighted by atomic mass is 35.5. The molecule has 0 aliphatic carbocycles. The number of halogens is 2. The lowest BCUT2D eigenvalue weighted by Crippen LogP contribution is -2.25. The van der Waals surface area contributed by atoms with Crippen LogP contribution in [0.4, 0.5) is 4.39 Å². The lowest BCUT2D eigenvalue weighted by molar-refractivity contribution is 0.562. The summed E-state index contributed by atoms with van der Waals surface area (Å²) in [4.78, 5) is 0.178. The van der Waals surface area contributed by atoms with Gasteiger partial charge >= 0.3 is 0 Å². The second-order valence-electron chi connectivity index (χ2n) is 3.40. The van der Waals surface area contributed by atoms with E-state index in [4.69, 9.17) is 5.73 Å². The number of sulfone groups is 1. The van der Waals surface area contributed by atoms with Gasteiger partial charge in [-0.05, 0) is 30.2 Å². The van der Waals surface area contributed by atoms with Gasteiger partial charge in [0.15, 0.2) is 9.84 Å². The summed E-state index contributed by atoms with van der Waals surface area (Å²) >= 11 is 0. The van der Waals surface area contributed by atoms with Crippen LogP contribution in [-0.2, 0) is 9.84 Å².